The molecule has 2 aliphatic heterocycles. The highest BCUT2D eigenvalue weighted by atomic mass is 16.6. The molecule has 1 atom stereocenters. The third-order valence-electron chi connectivity index (χ3n) is 6.28. The van der Waals surface area contributed by atoms with Crippen molar-refractivity contribution in [1.29, 1.82) is 5.41 Å². The standard InChI is InChI=1S/C24H35N5O4/c1-15(18-6-5-7-19(20(18)25)21(26)30)27-17-9-12-28(13-10-17)22(31)16-8-11-29(14-16)23(32)33-24(2,3)4/h5-7,16-17,25,27H,8-14H2,1-4H3,(H2,26,30)/p+1/b18-15-,25-20?. The van der Waals surface area contributed by atoms with Crippen LogP contribution in [0.1, 0.15) is 47.0 Å². The number of ether oxygens (including phenoxy) is 1. The first-order valence-corrected chi connectivity index (χ1v) is 11.6. The van der Waals surface area contributed by atoms with Crippen molar-refractivity contribution in [2.75, 3.05) is 26.2 Å². The number of piperidine rings is 1. The van der Waals surface area contributed by atoms with E-state index < -0.39 is 11.5 Å². The minimum absolute atomic E-state index is 0.114. The van der Waals surface area contributed by atoms with Crippen molar-refractivity contribution in [3.8, 4) is 0 Å². The molecule has 3 aliphatic rings. The van der Waals surface area contributed by atoms with Gasteiger partial charge in [-0.2, -0.15) is 0 Å². The van der Waals surface area contributed by atoms with Crippen molar-refractivity contribution >= 4 is 23.6 Å². The zero-order valence-electron chi connectivity index (χ0n) is 20.0. The van der Waals surface area contributed by atoms with Crippen LogP contribution in [0.3, 0.4) is 0 Å². The Bertz CT molecular complexity index is 920. The van der Waals surface area contributed by atoms with Gasteiger partial charge in [-0.25, -0.2) is 4.79 Å². The fourth-order valence-electron chi connectivity index (χ4n) is 4.53. The normalized spacial score (nSPS) is 23.5. The fourth-order valence-corrected chi connectivity index (χ4v) is 4.53. The number of nitrogens with one attached hydrogen (secondary N) is 1. The van der Waals surface area contributed by atoms with Crippen LogP contribution in [-0.4, -0.2) is 71.2 Å². The number of quaternary nitrogens is 1. The van der Waals surface area contributed by atoms with E-state index in [4.69, 9.17) is 15.9 Å². The van der Waals surface area contributed by atoms with E-state index in [1.54, 1.807) is 17.1 Å². The molecule has 1 unspecified atom stereocenters. The van der Waals surface area contributed by atoms with Crippen molar-refractivity contribution in [2.45, 2.75) is 58.6 Å². The lowest BCUT2D eigenvalue weighted by atomic mass is 9.94. The number of primary amides is 1. The number of allylic oxidation sites excluding steroid dienone is 5. The average molecular weight is 459 g/mol. The Kier molecular flexibility index (Phi) is 7.41. The van der Waals surface area contributed by atoms with Crippen LogP contribution in [0.15, 0.2) is 35.1 Å². The first-order valence-electron chi connectivity index (χ1n) is 11.6. The minimum atomic E-state index is -0.599. The Balaban J connectivity index is 1.50. The second-order valence-electron chi connectivity index (χ2n) is 10.0. The first-order chi connectivity index (χ1) is 15.5. The van der Waals surface area contributed by atoms with Gasteiger partial charge in [-0.3, -0.25) is 15.0 Å². The third-order valence-corrected chi connectivity index (χ3v) is 6.28. The summed E-state index contributed by atoms with van der Waals surface area (Å²) >= 11 is 0. The molecular weight excluding hydrogens is 422 g/mol. The van der Waals surface area contributed by atoms with Gasteiger partial charge in [0.05, 0.1) is 28.8 Å². The quantitative estimate of drug-likeness (QED) is 0.581. The molecule has 180 valence electrons. The Morgan fingerprint density at radius 1 is 1.12 bits per heavy atom. The highest BCUT2D eigenvalue weighted by Crippen LogP contribution is 2.23. The lowest BCUT2D eigenvalue weighted by molar-refractivity contribution is -0.646. The molecule has 0 saturated carbocycles. The Morgan fingerprint density at radius 3 is 2.36 bits per heavy atom. The number of carbonyl (C=O) groups is 3. The van der Waals surface area contributed by atoms with Gasteiger partial charge < -0.3 is 25.6 Å². The predicted octanol–water partition coefficient (Wildman–Crippen LogP) is 1.07. The number of hydrogen-bond acceptors (Lipinski definition) is 5. The fraction of sp³-hybridized carbons (Fsp3) is 0.583. The summed E-state index contributed by atoms with van der Waals surface area (Å²) in [6.45, 7) is 9.75. The summed E-state index contributed by atoms with van der Waals surface area (Å²) in [5.41, 5.74) is 6.85. The second kappa shape index (κ2) is 9.91. The zero-order chi connectivity index (χ0) is 24.3. The van der Waals surface area contributed by atoms with Crippen LogP contribution in [0, 0.1) is 11.3 Å². The van der Waals surface area contributed by atoms with Crippen molar-refractivity contribution in [3.05, 3.63) is 35.1 Å². The monoisotopic (exact) mass is 458 g/mol. The van der Waals surface area contributed by atoms with Gasteiger partial charge in [-0.15, -0.1) is 0 Å². The molecule has 3 amide bonds. The molecule has 0 aromatic carbocycles. The van der Waals surface area contributed by atoms with Gasteiger partial charge in [-0.05, 0) is 39.3 Å². The van der Waals surface area contributed by atoms with E-state index in [1.807, 2.05) is 38.7 Å². The van der Waals surface area contributed by atoms with Crippen LogP contribution in [0.4, 0.5) is 4.79 Å². The molecule has 9 heteroatoms. The molecule has 0 bridgehead atoms. The maximum atomic E-state index is 13.0. The van der Waals surface area contributed by atoms with Crippen LogP contribution in [0.5, 0.6) is 0 Å². The number of rotatable bonds is 4. The SMILES string of the molecule is C/C([NH2+]C1CCN(C(=O)C2CCN(C(=O)OC(C)(C)C)C2)CC1)=C1\C=CC=C(C(N)=O)C1=N. The van der Waals surface area contributed by atoms with Crippen LogP contribution in [-0.2, 0) is 14.3 Å². The average Bonchev–Trinajstić information content (AvgIpc) is 3.23. The van der Waals surface area contributed by atoms with Crippen molar-refractivity contribution < 1.29 is 24.4 Å². The van der Waals surface area contributed by atoms with E-state index >= 15 is 0 Å². The molecule has 9 nitrogen and oxygen atoms in total. The zero-order valence-corrected chi connectivity index (χ0v) is 20.0. The van der Waals surface area contributed by atoms with Gasteiger partial charge in [0.1, 0.15) is 11.3 Å². The molecule has 5 N–H and O–H groups in total. The molecule has 1 aliphatic carbocycles. The first kappa shape index (κ1) is 24.7. The van der Waals surface area contributed by atoms with Crippen LogP contribution in [0.25, 0.3) is 0 Å². The van der Waals surface area contributed by atoms with Gasteiger partial charge in [0.2, 0.25) is 5.91 Å². The number of hydrogen-bond donors (Lipinski definition) is 3. The molecule has 0 aromatic rings. The molecule has 0 spiro atoms. The Labute approximate surface area is 195 Å². The van der Waals surface area contributed by atoms with E-state index in [2.05, 4.69) is 5.32 Å². The second-order valence-corrected chi connectivity index (χ2v) is 10.0. The molecule has 0 aromatic heterocycles. The molecule has 2 heterocycles. The number of amides is 3. The Hall–Kier alpha value is -2.94. The van der Waals surface area contributed by atoms with Gasteiger partial charge in [-0.1, -0.05) is 6.08 Å². The van der Waals surface area contributed by atoms with Gasteiger partial charge in [0, 0.05) is 45.9 Å². The summed E-state index contributed by atoms with van der Waals surface area (Å²) in [5.74, 6) is -0.657. The van der Waals surface area contributed by atoms with E-state index in [9.17, 15) is 14.4 Å². The van der Waals surface area contributed by atoms with E-state index in [0.29, 0.717) is 44.2 Å². The van der Waals surface area contributed by atoms with Crippen molar-refractivity contribution in [3.63, 3.8) is 0 Å². The smallest absolute Gasteiger partial charge is 0.410 e. The van der Waals surface area contributed by atoms with Crippen LogP contribution < -0.4 is 11.1 Å². The largest absolute Gasteiger partial charge is 0.444 e. The molecule has 2 saturated heterocycles. The molecular formula is C24H36N5O4+. The lowest BCUT2D eigenvalue weighted by Gasteiger charge is -2.32. The van der Waals surface area contributed by atoms with Crippen molar-refractivity contribution in [1.82, 2.24) is 9.80 Å². The summed E-state index contributed by atoms with van der Waals surface area (Å²) in [7, 11) is 0. The van der Waals surface area contributed by atoms with E-state index in [-0.39, 0.29) is 29.2 Å². The maximum absolute atomic E-state index is 13.0. The van der Waals surface area contributed by atoms with Gasteiger partial charge in [0.15, 0.2) is 0 Å². The van der Waals surface area contributed by atoms with Gasteiger partial charge in [0.25, 0.3) is 5.91 Å². The van der Waals surface area contributed by atoms with Gasteiger partial charge >= 0.3 is 6.09 Å². The summed E-state index contributed by atoms with van der Waals surface area (Å²) in [6, 6.07) is 0.299. The van der Waals surface area contributed by atoms with E-state index in [1.165, 1.54) is 0 Å². The van der Waals surface area contributed by atoms with Crippen molar-refractivity contribution in [2.24, 2.45) is 11.7 Å². The molecule has 33 heavy (non-hydrogen) atoms. The third kappa shape index (κ3) is 6.10. The molecule has 0 radical (unpaired) electrons. The van der Waals surface area contributed by atoms with E-state index in [0.717, 1.165) is 18.5 Å². The number of nitrogens with two attached hydrogens (primary N) is 2. The molecule has 2 fully saturated rings. The highest BCUT2D eigenvalue weighted by Gasteiger charge is 2.37. The highest BCUT2D eigenvalue weighted by molar-refractivity contribution is 6.28. The molecule has 3 rings (SSSR count). The Morgan fingerprint density at radius 2 is 1.76 bits per heavy atom. The predicted molar refractivity (Wildman–Crippen MR) is 124 cm³/mol. The number of nitrogens with zero attached hydrogens (tertiary/aromatic N) is 2. The summed E-state index contributed by atoms with van der Waals surface area (Å²) < 4.78 is 5.43. The van der Waals surface area contributed by atoms with Crippen LogP contribution in [0.2, 0.25) is 0 Å². The number of likely N-dealkylation sites (tertiary alicyclic amines) is 2. The van der Waals surface area contributed by atoms with Crippen LogP contribution >= 0.6 is 0 Å². The number of carbonyl (C=O) groups excluding carboxylic acids is 3. The summed E-state index contributed by atoms with van der Waals surface area (Å²) in [6.07, 6.45) is 7.14. The topological polar surface area (TPSA) is 133 Å². The summed E-state index contributed by atoms with van der Waals surface area (Å²) in [5, 5.41) is 10.4. The minimum Gasteiger partial charge on any atom is -0.444 e. The lowest BCUT2D eigenvalue weighted by Crippen LogP contribution is -2.89. The summed E-state index contributed by atoms with van der Waals surface area (Å²) in [4.78, 5) is 40.4. The maximum Gasteiger partial charge on any atom is 0.410 e.